The molecule has 6 heteroatoms. The highest BCUT2D eigenvalue weighted by Crippen LogP contribution is 2.27. The average molecular weight is 483 g/mol. The number of nitrogens with one attached hydrogen (secondary N) is 1. The van der Waals surface area contributed by atoms with Crippen LogP contribution in [0.5, 0.6) is 0 Å². The minimum Gasteiger partial charge on any atom is -0.350 e. The molecule has 5 nitrogen and oxygen atoms in total. The first kappa shape index (κ1) is 25.2. The van der Waals surface area contributed by atoms with Crippen LogP contribution in [0.4, 0.5) is 10.8 Å². The molecule has 1 atom stereocenters. The van der Waals surface area contributed by atoms with Gasteiger partial charge in [-0.2, -0.15) is 0 Å². The maximum absolute atomic E-state index is 12.8. The third-order valence-corrected chi connectivity index (χ3v) is 8.47. The van der Waals surface area contributed by atoms with Crippen molar-refractivity contribution in [2.45, 2.75) is 70.6 Å². The van der Waals surface area contributed by atoms with Gasteiger partial charge >= 0.3 is 0 Å². The molecule has 1 aromatic heterocycles. The molecule has 1 saturated carbocycles. The van der Waals surface area contributed by atoms with Crippen LogP contribution in [-0.2, 0) is 0 Å². The molecule has 2 heterocycles. The molecule has 186 valence electrons. The van der Waals surface area contributed by atoms with Gasteiger partial charge in [0.1, 0.15) is 5.69 Å². The summed E-state index contributed by atoms with van der Waals surface area (Å²) in [5.74, 6) is 1.36. The number of amides is 1. The van der Waals surface area contributed by atoms with E-state index in [0.29, 0.717) is 11.6 Å². The molecule has 2 aliphatic rings. The van der Waals surface area contributed by atoms with E-state index < -0.39 is 0 Å². The lowest BCUT2D eigenvalue weighted by molar-refractivity contribution is 0.0921. The summed E-state index contributed by atoms with van der Waals surface area (Å²) in [6.45, 7) is 4.35. The molecule has 2 fully saturated rings. The molecular formula is C28H42N4OS. The zero-order chi connectivity index (χ0) is 23.6. The molecule has 1 amide bonds. The Hall–Kier alpha value is -1.92. The molecule has 0 radical (unpaired) electrons. The van der Waals surface area contributed by atoms with Crippen LogP contribution >= 0.6 is 11.3 Å². The highest BCUT2D eigenvalue weighted by Gasteiger charge is 2.23. The second-order valence-electron chi connectivity index (χ2n) is 10.3. The van der Waals surface area contributed by atoms with Crippen molar-refractivity contribution in [3.63, 3.8) is 0 Å². The Balaban J connectivity index is 1.23. The monoisotopic (exact) mass is 482 g/mol. The first-order chi connectivity index (χ1) is 16.7. The smallest absolute Gasteiger partial charge is 0.270 e. The molecule has 0 bridgehead atoms. The van der Waals surface area contributed by atoms with Gasteiger partial charge in [-0.1, -0.05) is 63.1 Å². The quantitative estimate of drug-likeness (QED) is 0.490. The largest absolute Gasteiger partial charge is 0.350 e. The maximum atomic E-state index is 12.8. The number of hydrogen-bond donors (Lipinski definition) is 1. The topological polar surface area (TPSA) is 48.5 Å². The Morgan fingerprint density at radius 2 is 1.68 bits per heavy atom. The number of carbonyl (C=O) groups excluding carboxylic acids is 1. The number of rotatable bonds is 7. The minimum atomic E-state index is -0.0478. The molecule has 1 aliphatic heterocycles. The van der Waals surface area contributed by atoms with Gasteiger partial charge < -0.3 is 15.1 Å². The normalized spacial score (nSPS) is 21.1. The van der Waals surface area contributed by atoms with Crippen molar-refractivity contribution in [3.8, 4) is 0 Å². The first-order valence-electron chi connectivity index (χ1n) is 13.4. The lowest BCUT2D eigenvalue weighted by Gasteiger charge is -2.35. The van der Waals surface area contributed by atoms with Crippen molar-refractivity contribution >= 4 is 28.1 Å². The Labute approximate surface area is 210 Å². The second kappa shape index (κ2) is 13.2. The fourth-order valence-corrected chi connectivity index (χ4v) is 6.33. The highest BCUT2D eigenvalue weighted by molar-refractivity contribution is 7.14. The van der Waals surface area contributed by atoms with Crippen molar-refractivity contribution in [1.82, 2.24) is 15.2 Å². The van der Waals surface area contributed by atoms with Crippen LogP contribution in [0, 0.1) is 11.8 Å². The number of benzene rings is 1. The van der Waals surface area contributed by atoms with E-state index in [-0.39, 0.29) is 5.91 Å². The standard InChI is InChI=1S/C28H42N4OS/c1-31(25-16-10-7-11-17-25)28-30-26(22-34-28)27(33)29-19-24-15-12-18-32(21-24)20-23-13-8-5-3-2-4-6-9-14-23/h7,10-11,16-17,22-24H,2-6,8-9,12-15,18-21H2,1H3,(H,29,33). The molecule has 1 saturated heterocycles. The van der Waals surface area contributed by atoms with Gasteiger partial charge in [-0.25, -0.2) is 4.98 Å². The molecule has 1 aliphatic carbocycles. The third-order valence-electron chi connectivity index (χ3n) is 7.55. The summed E-state index contributed by atoms with van der Waals surface area (Å²) in [5, 5.41) is 5.89. The number of carbonyl (C=O) groups is 1. The van der Waals surface area contributed by atoms with Crippen LogP contribution in [0.1, 0.15) is 81.1 Å². The van der Waals surface area contributed by atoms with E-state index in [4.69, 9.17) is 0 Å². The molecule has 34 heavy (non-hydrogen) atoms. The van der Waals surface area contributed by atoms with Crippen molar-refractivity contribution in [2.24, 2.45) is 11.8 Å². The average Bonchev–Trinajstić information content (AvgIpc) is 3.37. The lowest BCUT2D eigenvalue weighted by atomic mass is 9.90. The molecule has 1 N–H and O–H groups in total. The maximum Gasteiger partial charge on any atom is 0.270 e. The van der Waals surface area contributed by atoms with Crippen LogP contribution in [0.3, 0.4) is 0 Å². The van der Waals surface area contributed by atoms with Crippen LogP contribution in [-0.4, -0.2) is 49.0 Å². The van der Waals surface area contributed by atoms with Crippen molar-refractivity contribution in [3.05, 3.63) is 41.4 Å². The minimum absolute atomic E-state index is 0.0478. The fraction of sp³-hybridized carbons (Fsp3) is 0.643. The Kier molecular flexibility index (Phi) is 9.81. The fourth-order valence-electron chi connectivity index (χ4n) is 5.54. The Morgan fingerprint density at radius 1 is 1.00 bits per heavy atom. The number of hydrogen-bond acceptors (Lipinski definition) is 5. The van der Waals surface area contributed by atoms with Crippen LogP contribution in [0.15, 0.2) is 35.7 Å². The van der Waals surface area contributed by atoms with Gasteiger partial charge in [-0.15, -0.1) is 11.3 Å². The number of likely N-dealkylation sites (tertiary alicyclic amines) is 1. The summed E-state index contributed by atoms with van der Waals surface area (Å²) < 4.78 is 0. The van der Waals surface area contributed by atoms with E-state index in [0.717, 1.165) is 29.8 Å². The number of anilines is 2. The molecule has 1 unspecified atom stereocenters. The Morgan fingerprint density at radius 3 is 2.41 bits per heavy atom. The van der Waals surface area contributed by atoms with Crippen molar-refractivity contribution in [1.29, 1.82) is 0 Å². The van der Waals surface area contributed by atoms with E-state index in [1.807, 2.05) is 35.5 Å². The van der Waals surface area contributed by atoms with E-state index in [1.165, 1.54) is 95.1 Å². The van der Waals surface area contributed by atoms with Gasteiger partial charge in [0.25, 0.3) is 5.91 Å². The zero-order valence-electron chi connectivity index (χ0n) is 20.9. The summed E-state index contributed by atoms with van der Waals surface area (Å²) >= 11 is 1.51. The summed E-state index contributed by atoms with van der Waals surface area (Å²) in [5.41, 5.74) is 1.60. The van der Waals surface area contributed by atoms with Gasteiger partial charge in [0.15, 0.2) is 5.13 Å². The number of aromatic nitrogens is 1. The summed E-state index contributed by atoms with van der Waals surface area (Å²) in [6.07, 6.45) is 15.2. The highest BCUT2D eigenvalue weighted by atomic mass is 32.1. The van der Waals surface area contributed by atoms with E-state index >= 15 is 0 Å². The Bertz CT molecular complexity index is 860. The molecule has 1 aromatic carbocycles. The molecular weight excluding hydrogens is 440 g/mol. The van der Waals surface area contributed by atoms with Crippen molar-refractivity contribution in [2.75, 3.05) is 38.1 Å². The number of para-hydroxylation sites is 1. The van der Waals surface area contributed by atoms with Gasteiger partial charge in [-0.05, 0) is 56.2 Å². The second-order valence-corrected chi connectivity index (χ2v) is 11.1. The summed E-state index contributed by atoms with van der Waals surface area (Å²) in [6, 6.07) is 10.1. The van der Waals surface area contributed by atoms with Gasteiger partial charge in [0, 0.05) is 37.7 Å². The van der Waals surface area contributed by atoms with Crippen LogP contribution in [0.25, 0.3) is 0 Å². The van der Waals surface area contributed by atoms with E-state index in [2.05, 4.69) is 27.3 Å². The van der Waals surface area contributed by atoms with Crippen LogP contribution < -0.4 is 10.2 Å². The van der Waals surface area contributed by atoms with Gasteiger partial charge in [0.2, 0.25) is 0 Å². The summed E-state index contributed by atoms with van der Waals surface area (Å²) in [4.78, 5) is 22.1. The first-order valence-corrected chi connectivity index (χ1v) is 14.3. The van der Waals surface area contributed by atoms with E-state index in [1.54, 1.807) is 0 Å². The zero-order valence-corrected chi connectivity index (χ0v) is 21.7. The number of piperidine rings is 1. The van der Waals surface area contributed by atoms with Crippen LogP contribution in [0.2, 0.25) is 0 Å². The predicted octanol–water partition coefficient (Wildman–Crippen LogP) is 6.49. The SMILES string of the molecule is CN(c1ccccc1)c1nc(C(=O)NCC2CCCN(CC3CCCCCCCCC3)C2)cs1. The number of nitrogens with zero attached hydrogens (tertiary/aromatic N) is 3. The molecule has 2 aromatic rings. The lowest BCUT2D eigenvalue weighted by Crippen LogP contribution is -2.42. The van der Waals surface area contributed by atoms with E-state index in [9.17, 15) is 4.79 Å². The van der Waals surface area contributed by atoms with Gasteiger partial charge in [-0.3, -0.25) is 4.79 Å². The predicted molar refractivity (Wildman–Crippen MR) is 143 cm³/mol. The van der Waals surface area contributed by atoms with Gasteiger partial charge in [0.05, 0.1) is 0 Å². The summed E-state index contributed by atoms with van der Waals surface area (Å²) in [7, 11) is 1.99. The molecule has 0 spiro atoms. The number of thiazole rings is 1. The third kappa shape index (κ3) is 7.54. The molecule has 4 rings (SSSR count). The van der Waals surface area contributed by atoms with Crippen molar-refractivity contribution < 1.29 is 4.79 Å².